The van der Waals surface area contributed by atoms with Crippen LogP contribution in [-0.2, 0) is 12.8 Å². The zero-order valence-corrected chi connectivity index (χ0v) is 19.9. The number of piperidine rings is 1. The molecule has 0 bridgehead atoms. The molecule has 5 rings (SSSR count). The first-order valence-electron chi connectivity index (χ1n) is 12.0. The van der Waals surface area contributed by atoms with Gasteiger partial charge in [-0.05, 0) is 72.5 Å². The Bertz CT molecular complexity index is 1240. The van der Waals surface area contributed by atoms with Gasteiger partial charge in [-0.1, -0.05) is 6.07 Å². The molecule has 3 heterocycles. The third kappa shape index (κ3) is 4.16. The highest BCUT2D eigenvalue weighted by atomic mass is 16.5. The number of likely N-dealkylation sites (tertiary alicyclic amines) is 1. The molecule has 1 fully saturated rings. The third-order valence-corrected chi connectivity index (χ3v) is 7.46. The normalized spacial score (nSPS) is 17.2. The van der Waals surface area contributed by atoms with Crippen LogP contribution in [0.1, 0.15) is 50.7 Å². The van der Waals surface area contributed by atoms with Crippen LogP contribution in [0.25, 0.3) is 10.9 Å². The fraction of sp³-hybridized carbons (Fsp3) is 0.407. The number of methoxy groups -OCH3 is 1. The van der Waals surface area contributed by atoms with Crippen LogP contribution in [0, 0.1) is 0 Å². The predicted octanol–water partition coefficient (Wildman–Crippen LogP) is 3.26. The van der Waals surface area contributed by atoms with Gasteiger partial charge >= 0.3 is 0 Å². The molecule has 178 valence electrons. The van der Waals surface area contributed by atoms with Crippen LogP contribution in [0.4, 0.5) is 0 Å². The summed E-state index contributed by atoms with van der Waals surface area (Å²) in [4.78, 5) is 28.5. The second-order valence-corrected chi connectivity index (χ2v) is 9.48. The van der Waals surface area contributed by atoms with Crippen molar-refractivity contribution in [3.63, 3.8) is 0 Å². The molecule has 3 aromatic rings. The number of carbonyl (C=O) groups excluding carboxylic acids is 2. The van der Waals surface area contributed by atoms with Crippen LogP contribution in [-0.4, -0.2) is 66.5 Å². The number of rotatable bonds is 6. The molecule has 0 saturated carbocycles. The summed E-state index contributed by atoms with van der Waals surface area (Å²) in [6.07, 6.45) is 5.95. The van der Waals surface area contributed by atoms with Gasteiger partial charge in [0, 0.05) is 62.1 Å². The predicted molar refractivity (Wildman–Crippen MR) is 133 cm³/mol. The summed E-state index contributed by atoms with van der Waals surface area (Å²) in [5.41, 5.74) is 10.1. The number of nitrogens with two attached hydrogens (primary N) is 1. The Balaban J connectivity index is 1.25. The average molecular weight is 461 g/mol. The highest BCUT2D eigenvalue weighted by Gasteiger charge is 2.25. The molecule has 0 radical (unpaired) electrons. The minimum Gasteiger partial charge on any atom is -0.496 e. The van der Waals surface area contributed by atoms with Crippen molar-refractivity contribution in [2.24, 2.45) is 5.73 Å². The quantitative estimate of drug-likeness (QED) is 0.612. The SMILES string of the molecule is COc1cc2c(cc1CCN1CCC(n3ccc4ccc(C(N)=O)cc43)CC1)C(=O)N(C)CC2. The van der Waals surface area contributed by atoms with Gasteiger partial charge in [-0.15, -0.1) is 0 Å². The molecule has 0 atom stereocenters. The number of nitrogens with zero attached hydrogens (tertiary/aromatic N) is 3. The third-order valence-electron chi connectivity index (χ3n) is 7.46. The van der Waals surface area contributed by atoms with Crippen LogP contribution in [0.15, 0.2) is 42.6 Å². The van der Waals surface area contributed by atoms with Crippen molar-refractivity contribution in [1.29, 1.82) is 0 Å². The van der Waals surface area contributed by atoms with Crippen molar-refractivity contribution in [3.8, 4) is 5.75 Å². The van der Waals surface area contributed by atoms with E-state index in [2.05, 4.69) is 27.8 Å². The van der Waals surface area contributed by atoms with Crippen molar-refractivity contribution >= 4 is 22.7 Å². The van der Waals surface area contributed by atoms with E-state index < -0.39 is 5.91 Å². The maximum absolute atomic E-state index is 12.6. The van der Waals surface area contributed by atoms with Gasteiger partial charge in [-0.2, -0.15) is 0 Å². The van der Waals surface area contributed by atoms with Crippen LogP contribution < -0.4 is 10.5 Å². The number of benzene rings is 2. The molecule has 0 spiro atoms. The topological polar surface area (TPSA) is 80.8 Å². The molecule has 7 nitrogen and oxygen atoms in total. The summed E-state index contributed by atoms with van der Waals surface area (Å²) in [6.45, 7) is 3.71. The fourth-order valence-corrected chi connectivity index (χ4v) is 5.37. The van der Waals surface area contributed by atoms with E-state index in [9.17, 15) is 9.59 Å². The first-order valence-corrected chi connectivity index (χ1v) is 12.0. The van der Waals surface area contributed by atoms with Gasteiger partial charge in [0.05, 0.1) is 7.11 Å². The van der Waals surface area contributed by atoms with E-state index in [0.29, 0.717) is 11.6 Å². The van der Waals surface area contributed by atoms with E-state index in [1.807, 2.05) is 25.2 Å². The molecule has 2 aliphatic heterocycles. The standard InChI is InChI=1S/C27H32N4O3/c1-29-10-5-19-17-25(34-2)20(15-23(19)27(29)33)6-11-30-12-8-22(9-13-30)31-14-7-18-3-4-21(26(28)32)16-24(18)31/h3-4,7,14-17,22H,5-6,8-13H2,1-2H3,(H2,28,32). The van der Waals surface area contributed by atoms with Crippen LogP contribution in [0.5, 0.6) is 5.75 Å². The van der Waals surface area contributed by atoms with Crippen molar-refractivity contribution in [3.05, 3.63) is 64.8 Å². The lowest BCUT2D eigenvalue weighted by atomic mass is 9.94. The van der Waals surface area contributed by atoms with Gasteiger partial charge in [0.15, 0.2) is 0 Å². The highest BCUT2D eigenvalue weighted by molar-refractivity contribution is 5.97. The van der Waals surface area contributed by atoms with Crippen LogP contribution in [0.3, 0.4) is 0 Å². The number of aromatic nitrogens is 1. The molecule has 2 aliphatic rings. The van der Waals surface area contributed by atoms with E-state index >= 15 is 0 Å². The zero-order chi connectivity index (χ0) is 23.8. The molecule has 2 amide bonds. The van der Waals surface area contributed by atoms with Gasteiger partial charge in [-0.3, -0.25) is 9.59 Å². The summed E-state index contributed by atoms with van der Waals surface area (Å²) in [5, 5.41) is 1.13. The van der Waals surface area contributed by atoms with Crippen LogP contribution >= 0.6 is 0 Å². The van der Waals surface area contributed by atoms with Crippen molar-refractivity contribution < 1.29 is 14.3 Å². The van der Waals surface area contributed by atoms with E-state index in [-0.39, 0.29) is 5.91 Å². The Morgan fingerprint density at radius 2 is 1.91 bits per heavy atom. The highest BCUT2D eigenvalue weighted by Crippen LogP contribution is 2.30. The lowest BCUT2D eigenvalue weighted by Crippen LogP contribution is -2.36. The minimum absolute atomic E-state index is 0.101. The second kappa shape index (κ2) is 9.14. The van der Waals surface area contributed by atoms with Gasteiger partial charge in [0.1, 0.15) is 5.75 Å². The summed E-state index contributed by atoms with van der Waals surface area (Å²) < 4.78 is 7.97. The van der Waals surface area contributed by atoms with Gasteiger partial charge in [0.2, 0.25) is 5.91 Å². The van der Waals surface area contributed by atoms with E-state index in [1.165, 1.54) is 0 Å². The van der Waals surface area contributed by atoms with E-state index in [1.54, 1.807) is 18.1 Å². The van der Waals surface area contributed by atoms with Crippen molar-refractivity contribution in [2.75, 3.05) is 40.3 Å². The largest absolute Gasteiger partial charge is 0.496 e. The Hall–Kier alpha value is -3.32. The Kier molecular flexibility index (Phi) is 6.04. The summed E-state index contributed by atoms with van der Waals surface area (Å²) in [7, 11) is 3.57. The number of amides is 2. The van der Waals surface area contributed by atoms with Gasteiger partial charge in [-0.25, -0.2) is 0 Å². The molecule has 2 N–H and O–H groups in total. The number of ether oxygens (including phenoxy) is 1. The molecule has 0 unspecified atom stereocenters. The van der Waals surface area contributed by atoms with Crippen LogP contribution in [0.2, 0.25) is 0 Å². The molecule has 7 heteroatoms. The smallest absolute Gasteiger partial charge is 0.253 e. The van der Waals surface area contributed by atoms with Gasteiger partial charge in [0.25, 0.3) is 5.91 Å². The van der Waals surface area contributed by atoms with E-state index in [0.717, 1.165) is 85.2 Å². The summed E-state index contributed by atoms with van der Waals surface area (Å²) >= 11 is 0. The Morgan fingerprint density at radius 1 is 1.12 bits per heavy atom. The number of primary amides is 1. The number of hydrogen-bond donors (Lipinski definition) is 1. The molecular weight excluding hydrogens is 428 g/mol. The zero-order valence-electron chi connectivity index (χ0n) is 19.9. The number of likely N-dealkylation sites (N-methyl/N-ethyl adjacent to an activating group) is 1. The maximum Gasteiger partial charge on any atom is 0.253 e. The first kappa shape index (κ1) is 22.5. The number of fused-ring (bicyclic) bond motifs is 2. The Labute approximate surface area is 200 Å². The van der Waals surface area contributed by atoms with Crippen molar-refractivity contribution in [1.82, 2.24) is 14.4 Å². The molecule has 1 aromatic heterocycles. The average Bonchev–Trinajstić information content (AvgIpc) is 3.28. The lowest BCUT2D eigenvalue weighted by molar-refractivity contribution is 0.0780. The molecule has 34 heavy (non-hydrogen) atoms. The first-order chi connectivity index (χ1) is 16.4. The van der Waals surface area contributed by atoms with E-state index in [4.69, 9.17) is 10.5 Å². The molecule has 0 aliphatic carbocycles. The molecular formula is C27H32N4O3. The number of hydrogen-bond acceptors (Lipinski definition) is 4. The second-order valence-electron chi connectivity index (χ2n) is 9.48. The number of carbonyl (C=O) groups is 2. The summed E-state index contributed by atoms with van der Waals surface area (Å²) in [5.74, 6) is 0.592. The summed E-state index contributed by atoms with van der Waals surface area (Å²) in [6, 6.07) is 12.3. The fourth-order valence-electron chi connectivity index (χ4n) is 5.37. The Morgan fingerprint density at radius 3 is 2.65 bits per heavy atom. The molecule has 1 saturated heterocycles. The van der Waals surface area contributed by atoms with Gasteiger partial charge < -0.3 is 24.8 Å². The molecule has 2 aromatic carbocycles. The minimum atomic E-state index is -0.393. The van der Waals surface area contributed by atoms with Crippen molar-refractivity contribution in [2.45, 2.75) is 31.7 Å². The monoisotopic (exact) mass is 460 g/mol. The lowest BCUT2D eigenvalue weighted by Gasteiger charge is -2.33. The maximum atomic E-state index is 12.6.